The van der Waals surface area contributed by atoms with Crippen molar-refractivity contribution in [2.75, 3.05) is 0 Å². The number of oxazole rings is 1. The summed E-state index contributed by atoms with van der Waals surface area (Å²) < 4.78 is 5.77. The summed E-state index contributed by atoms with van der Waals surface area (Å²) in [7, 11) is 0. The summed E-state index contributed by atoms with van der Waals surface area (Å²) in [5.74, 6) is -0.587. The molecule has 2 atom stereocenters. The highest BCUT2D eigenvalue weighted by atomic mass is 35.5. The molecule has 26 heavy (non-hydrogen) atoms. The van der Waals surface area contributed by atoms with Crippen molar-refractivity contribution in [3.8, 4) is 11.3 Å². The summed E-state index contributed by atoms with van der Waals surface area (Å²) in [6, 6.07) is 7.27. The standard InChI is InChI=1S/C19H21ClN2O4/c1-11-17(12-5-7-15(20)8-6-12)26-16(22-11)10-21-18(23)13-3-2-4-14(9-13)19(24)25/h5-8,13-14H,2-4,9-10H2,1H3,(H,21,23)(H,24,25). The Kier molecular flexibility index (Phi) is 5.61. The first-order valence-electron chi connectivity index (χ1n) is 8.67. The molecular weight excluding hydrogens is 356 g/mol. The highest BCUT2D eigenvalue weighted by Gasteiger charge is 2.31. The van der Waals surface area contributed by atoms with Crippen molar-refractivity contribution in [3.63, 3.8) is 0 Å². The third kappa shape index (κ3) is 4.25. The first-order valence-corrected chi connectivity index (χ1v) is 9.04. The van der Waals surface area contributed by atoms with Gasteiger partial charge in [-0.25, -0.2) is 4.98 Å². The van der Waals surface area contributed by atoms with Crippen LogP contribution in [0.15, 0.2) is 28.7 Å². The zero-order chi connectivity index (χ0) is 18.7. The molecule has 1 aromatic heterocycles. The first kappa shape index (κ1) is 18.5. The van der Waals surface area contributed by atoms with E-state index in [1.165, 1.54) is 0 Å². The molecule has 138 valence electrons. The van der Waals surface area contributed by atoms with Crippen LogP contribution in [0.1, 0.15) is 37.3 Å². The molecule has 0 radical (unpaired) electrons. The molecule has 1 aliphatic rings. The number of hydrogen-bond donors (Lipinski definition) is 2. The SMILES string of the molecule is Cc1nc(CNC(=O)C2CCCC(C(=O)O)C2)oc1-c1ccc(Cl)cc1. The van der Waals surface area contributed by atoms with Gasteiger partial charge in [0.2, 0.25) is 11.8 Å². The molecule has 6 nitrogen and oxygen atoms in total. The lowest BCUT2D eigenvalue weighted by Gasteiger charge is -2.25. The quantitative estimate of drug-likeness (QED) is 0.827. The highest BCUT2D eigenvalue weighted by Crippen LogP contribution is 2.30. The van der Waals surface area contributed by atoms with Crippen LogP contribution in [-0.2, 0) is 16.1 Å². The van der Waals surface area contributed by atoms with Crippen molar-refractivity contribution in [3.05, 3.63) is 40.9 Å². The Morgan fingerprint density at radius 2 is 1.96 bits per heavy atom. The second-order valence-corrected chi connectivity index (χ2v) is 7.08. The predicted octanol–water partition coefficient (Wildman–Crippen LogP) is 3.81. The van der Waals surface area contributed by atoms with E-state index in [0.29, 0.717) is 29.5 Å². The Morgan fingerprint density at radius 3 is 2.65 bits per heavy atom. The van der Waals surface area contributed by atoms with Crippen LogP contribution < -0.4 is 5.32 Å². The molecule has 0 aliphatic heterocycles. The number of benzene rings is 1. The van der Waals surface area contributed by atoms with Gasteiger partial charge in [0, 0.05) is 16.5 Å². The molecule has 7 heteroatoms. The van der Waals surface area contributed by atoms with Crippen LogP contribution in [0.2, 0.25) is 5.02 Å². The van der Waals surface area contributed by atoms with Gasteiger partial charge in [0.1, 0.15) is 0 Å². The van der Waals surface area contributed by atoms with Crippen LogP contribution in [0.25, 0.3) is 11.3 Å². The number of nitrogens with zero attached hydrogens (tertiary/aromatic N) is 1. The van der Waals surface area contributed by atoms with E-state index in [4.69, 9.17) is 21.1 Å². The minimum absolute atomic E-state index is 0.139. The molecular formula is C19H21ClN2O4. The van der Waals surface area contributed by atoms with Gasteiger partial charge in [-0.2, -0.15) is 0 Å². The summed E-state index contributed by atoms with van der Waals surface area (Å²) in [5.41, 5.74) is 1.61. The van der Waals surface area contributed by atoms with E-state index in [-0.39, 0.29) is 18.4 Å². The topological polar surface area (TPSA) is 92.4 Å². The molecule has 1 heterocycles. The summed E-state index contributed by atoms with van der Waals surface area (Å²) in [5, 5.41) is 12.6. The molecule has 0 saturated heterocycles. The van der Waals surface area contributed by atoms with Crippen molar-refractivity contribution in [2.45, 2.75) is 39.2 Å². The van der Waals surface area contributed by atoms with Gasteiger partial charge >= 0.3 is 5.97 Å². The summed E-state index contributed by atoms with van der Waals surface area (Å²) >= 11 is 5.90. The number of nitrogens with one attached hydrogen (secondary N) is 1. The van der Waals surface area contributed by atoms with Gasteiger partial charge in [-0.05, 0) is 50.5 Å². The molecule has 1 fully saturated rings. The Balaban J connectivity index is 1.61. The molecule has 3 rings (SSSR count). The largest absolute Gasteiger partial charge is 0.481 e. The number of aromatic nitrogens is 1. The maximum absolute atomic E-state index is 12.4. The lowest BCUT2D eigenvalue weighted by molar-refractivity contribution is -0.144. The van der Waals surface area contributed by atoms with Gasteiger partial charge in [-0.1, -0.05) is 18.0 Å². The van der Waals surface area contributed by atoms with E-state index < -0.39 is 11.9 Å². The molecule has 0 spiro atoms. The Bertz CT molecular complexity index is 800. The number of rotatable bonds is 5. The highest BCUT2D eigenvalue weighted by molar-refractivity contribution is 6.30. The van der Waals surface area contributed by atoms with Crippen molar-refractivity contribution in [1.29, 1.82) is 0 Å². The summed E-state index contributed by atoms with van der Waals surface area (Å²) in [4.78, 5) is 27.8. The van der Waals surface area contributed by atoms with Gasteiger partial charge in [-0.3, -0.25) is 9.59 Å². The van der Waals surface area contributed by atoms with Crippen LogP contribution in [0.3, 0.4) is 0 Å². The molecule has 0 bridgehead atoms. The second kappa shape index (κ2) is 7.91. The zero-order valence-corrected chi connectivity index (χ0v) is 15.3. The van der Waals surface area contributed by atoms with E-state index in [1.807, 2.05) is 19.1 Å². The Morgan fingerprint density at radius 1 is 1.27 bits per heavy atom. The maximum Gasteiger partial charge on any atom is 0.306 e. The van der Waals surface area contributed by atoms with Gasteiger partial charge in [0.05, 0.1) is 18.2 Å². The van der Waals surface area contributed by atoms with Crippen LogP contribution in [0.5, 0.6) is 0 Å². The number of aryl methyl sites for hydroxylation is 1. The lowest BCUT2D eigenvalue weighted by atomic mass is 9.81. The number of carboxylic acid groups (broad SMARTS) is 1. The zero-order valence-electron chi connectivity index (χ0n) is 14.5. The third-order valence-corrected chi connectivity index (χ3v) is 5.01. The van der Waals surface area contributed by atoms with Crippen molar-refractivity contribution < 1.29 is 19.1 Å². The van der Waals surface area contributed by atoms with Crippen LogP contribution in [0, 0.1) is 18.8 Å². The Labute approximate surface area is 156 Å². The molecule has 2 unspecified atom stereocenters. The summed E-state index contributed by atoms with van der Waals surface area (Å²) in [6.45, 7) is 2.03. The van der Waals surface area contributed by atoms with E-state index >= 15 is 0 Å². The molecule has 1 aromatic carbocycles. The third-order valence-electron chi connectivity index (χ3n) is 4.76. The van der Waals surface area contributed by atoms with Gasteiger partial charge in [0.15, 0.2) is 5.76 Å². The van der Waals surface area contributed by atoms with E-state index in [9.17, 15) is 9.59 Å². The van der Waals surface area contributed by atoms with Gasteiger partial charge in [-0.15, -0.1) is 0 Å². The molecule has 1 aliphatic carbocycles. The molecule has 1 saturated carbocycles. The van der Waals surface area contributed by atoms with Crippen LogP contribution in [0.4, 0.5) is 0 Å². The number of aliphatic carboxylic acids is 1. The number of carbonyl (C=O) groups excluding carboxylic acids is 1. The molecule has 2 aromatic rings. The fraction of sp³-hybridized carbons (Fsp3) is 0.421. The van der Waals surface area contributed by atoms with E-state index in [1.54, 1.807) is 12.1 Å². The van der Waals surface area contributed by atoms with Crippen molar-refractivity contribution in [2.24, 2.45) is 11.8 Å². The van der Waals surface area contributed by atoms with Crippen LogP contribution >= 0.6 is 11.6 Å². The first-order chi connectivity index (χ1) is 12.4. The maximum atomic E-state index is 12.4. The fourth-order valence-electron chi connectivity index (χ4n) is 3.36. The van der Waals surface area contributed by atoms with Gasteiger partial charge < -0.3 is 14.8 Å². The predicted molar refractivity (Wildman–Crippen MR) is 96.6 cm³/mol. The number of hydrogen-bond acceptors (Lipinski definition) is 4. The van der Waals surface area contributed by atoms with Gasteiger partial charge in [0.25, 0.3) is 0 Å². The number of carboxylic acids is 1. The van der Waals surface area contributed by atoms with Crippen LogP contribution in [-0.4, -0.2) is 22.0 Å². The normalized spacial score (nSPS) is 19.9. The van der Waals surface area contributed by atoms with E-state index in [2.05, 4.69) is 10.3 Å². The lowest BCUT2D eigenvalue weighted by Crippen LogP contribution is -2.35. The number of amides is 1. The summed E-state index contributed by atoms with van der Waals surface area (Å²) in [6.07, 6.45) is 2.51. The number of halogens is 1. The van der Waals surface area contributed by atoms with E-state index in [0.717, 1.165) is 24.1 Å². The minimum atomic E-state index is -0.821. The smallest absolute Gasteiger partial charge is 0.306 e. The average Bonchev–Trinajstić information content (AvgIpc) is 3.01. The van der Waals surface area contributed by atoms with Crippen molar-refractivity contribution in [1.82, 2.24) is 10.3 Å². The molecule has 2 N–H and O–H groups in total. The number of carbonyl (C=O) groups is 2. The average molecular weight is 377 g/mol. The molecule has 1 amide bonds. The monoisotopic (exact) mass is 376 g/mol. The fourth-order valence-corrected chi connectivity index (χ4v) is 3.48. The Hall–Kier alpha value is -2.34. The minimum Gasteiger partial charge on any atom is -0.481 e. The van der Waals surface area contributed by atoms with Crippen molar-refractivity contribution >= 4 is 23.5 Å². The second-order valence-electron chi connectivity index (χ2n) is 6.65.